The lowest BCUT2D eigenvalue weighted by Crippen LogP contribution is -2.43. The number of amides is 1. The molecule has 148 valence electrons. The Morgan fingerprint density at radius 3 is 2.41 bits per heavy atom. The Morgan fingerprint density at radius 2 is 1.72 bits per heavy atom. The summed E-state index contributed by atoms with van der Waals surface area (Å²) in [5, 5.41) is 1.00. The van der Waals surface area contributed by atoms with Crippen molar-refractivity contribution in [3.63, 3.8) is 0 Å². The van der Waals surface area contributed by atoms with Gasteiger partial charge < -0.3 is 4.90 Å². The van der Waals surface area contributed by atoms with Crippen LogP contribution in [0.2, 0.25) is 10.0 Å². The van der Waals surface area contributed by atoms with Gasteiger partial charge in [-0.2, -0.15) is 0 Å². The van der Waals surface area contributed by atoms with Crippen LogP contribution in [0.1, 0.15) is 42.5 Å². The number of benzene rings is 1. The van der Waals surface area contributed by atoms with E-state index in [0.717, 1.165) is 49.8 Å². The Hall–Kier alpha value is -2.17. The first-order valence-corrected chi connectivity index (χ1v) is 10.8. The SMILES string of the molecule is O=C(c1ccc(-c2c(Cl)cncc2Cl)cc1)N(C1CC1)C1CCC2=C(C=NC2)C1. The Bertz CT molecular complexity index is 1000. The summed E-state index contributed by atoms with van der Waals surface area (Å²) in [7, 11) is 0. The van der Waals surface area contributed by atoms with Crippen LogP contribution in [0.25, 0.3) is 11.1 Å². The van der Waals surface area contributed by atoms with Crippen molar-refractivity contribution >= 4 is 35.3 Å². The van der Waals surface area contributed by atoms with Crippen LogP contribution in [0.5, 0.6) is 0 Å². The van der Waals surface area contributed by atoms with Crippen LogP contribution < -0.4 is 0 Å². The van der Waals surface area contributed by atoms with Gasteiger partial charge in [0.25, 0.3) is 5.91 Å². The summed E-state index contributed by atoms with van der Waals surface area (Å²) >= 11 is 12.6. The van der Waals surface area contributed by atoms with Crippen molar-refractivity contribution in [2.24, 2.45) is 4.99 Å². The molecule has 1 amide bonds. The maximum atomic E-state index is 13.4. The smallest absolute Gasteiger partial charge is 0.254 e. The minimum absolute atomic E-state index is 0.120. The highest BCUT2D eigenvalue weighted by Gasteiger charge is 2.39. The van der Waals surface area contributed by atoms with E-state index in [0.29, 0.717) is 21.7 Å². The lowest BCUT2D eigenvalue weighted by atomic mass is 9.88. The highest BCUT2D eigenvalue weighted by molar-refractivity contribution is 6.39. The third-order valence-electron chi connectivity index (χ3n) is 6.06. The summed E-state index contributed by atoms with van der Waals surface area (Å²) in [6, 6.07) is 8.22. The van der Waals surface area contributed by atoms with E-state index < -0.39 is 0 Å². The van der Waals surface area contributed by atoms with E-state index in [1.165, 1.54) is 11.1 Å². The van der Waals surface area contributed by atoms with Gasteiger partial charge in [0.15, 0.2) is 0 Å². The zero-order valence-electron chi connectivity index (χ0n) is 15.9. The van der Waals surface area contributed by atoms with Gasteiger partial charge in [0, 0.05) is 41.8 Å². The lowest BCUT2D eigenvalue weighted by molar-refractivity contribution is 0.0645. The number of hydrogen-bond acceptors (Lipinski definition) is 3. The van der Waals surface area contributed by atoms with Crippen molar-refractivity contribution in [1.82, 2.24) is 9.88 Å². The van der Waals surface area contributed by atoms with E-state index in [-0.39, 0.29) is 11.9 Å². The molecule has 0 N–H and O–H groups in total. The Kier molecular flexibility index (Phi) is 4.92. The average molecular weight is 426 g/mol. The number of carbonyl (C=O) groups excluding carboxylic acids is 1. The van der Waals surface area contributed by atoms with Crippen LogP contribution in [0, 0.1) is 0 Å². The Morgan fingerprint density at radius 1 is 1.00 bits per heavy atom. The van der Waals surface area contributed by atoms with Crippen molar-refractivity contribution < 1.29 is 4.79 Å². The summed E-state index contributed by atoms with van der Waals surface area (Å²) in [6.45, 7) is 0.848. The molecule has 0 radical (unpaired) electrons. The molecule has 29 heavy (non-hydrogen) atoms. The molecule has 5 rings (SSSR count). The summed E-state index contributed by atoms with van der Waals surface area (Å²) in [5.74, 6) is 0.120. The molecule has 2 aromatic rings. The number of pyridine rings is 1. The number of carbonyl (C=O) groups is 1. The molecule has 1 aromatic carbocycles. The van der Waals surface area contributed by atoms with Gasteiger partial charge in [-0.3, -0.25) is 14.8 Å². The molecule has 2 heterocycles. The van der Waals surface area contributed by atoms with Gasteiger partial charge in [-0.05, 0) is 60.9 Å². The zero-order valence-corrected chi connectivity index (χ0v) is 17.5. The number of rotatable bonds is 4. The second kappa shape index (κ2) is 7.58. The lowest BCUT2D eigenvalue weighted by Gasteiger charge is -2.35. The minimum Gasteiger partial charge on any atom is -0.332 e. The predicted molar refractivity (Wildman–Crippen MR) is 117 cm³/mol. The summed E-state index contributed by atoms with van der Waals surface area (Å²) in [5.41, 5.74) is 5.14. The monoisotopic (exact) mass is 425 g/mol. The number of hydrogen-bond donors (Lipinski definition) is 0. The second-order valence-corrected chi connectivity index (χ2v) is 8.81. The number of halogens is 2. The molecule has 1 saturated carbocycles. The van der Waals surface area contributed by atoms with E-state index in [1.807, 2.05) is 30.5 Å². The van der Waals surface area contributed by atoms with Gasteiger partial charge in [-0.1, -0.05) is 35.3 Å². The van der Waals surface area contributed by atoms with E-state index in [1.54, 1.807) is 12.4 Å². The molecule has 1 fully saturated rings. The molecule has 6 heteroatoms. The third-order valence-corrected chi connectivity index (χ3v) is 6.63. The highest BCUT2D eigenvalue weighted by atomic mass is 35.5. The maximum absolute atomic E-state index is 13.4. The molecule has 1 atom stereocenters. The van der Waals surface area contributed by atoms with E-state index >= 15 is 0 Å². The largest absolute Gasteiger partial charge is 0.332 e. The van der Waals surface area contributed by atoms with Crippen molar-refractivity contribution in [1.29, 1.82) is 0 Å². The molecule has 2 aliphatic carbocycles. The standard InChI is InChI=1S/C23H21Cl2N3O/c24-20-12-27-13-21(25)22(20)14-1-3-15(4-2-14)23(29)28(18-7-8-18)19-6-5-16-10-26-11-17(16)9-19/h1-4,11-13,18-19H,5-10H2. The molecule has 0 saturated heterocycles. The summed E-state index contributed by atoms with van der Waals surface area (Å²) in [6.07, 6.45) is 10.4. The van der Waals surface area contributed by atoms with Gasteiger partial charge >= 0.3 is 0 Å². The summed E-state index contributed by atoms with van der Waals surface area (Å²) < 4.78 is 0. The molecular weight excluding hydrogens is 405 g/mol. The van der Waals surface area contributed by atoms with E-state index in [4.69, 9.17) is 23.2 Å². The molecular formula is C23H21Cl2N3O. The first-order chi connectivity index (χ1) is 14.1. The van der Waals surface area contributed by atoms with Crippen LogP contribution in [0.15, 0.2) is 52.8 Å². The van der Waals surface area contributed by atoms with Crippen LogP contribution in [-0.2, 0) is 0 Å². The fraction of sp³-hybridized carbons (Fsp3) is 0.348. The molecule has 0 spiro atoms. The first-order valence-electron chi connectivity index (χ1n) is 10.0. The van der Waals surface area contributed by atoms with Crippen molar-refractivity contribution in [2.45, 2.75) is 44.2 Å². The number of nitrogens with zero attached hydrogens (tertiary/aromatic N) is 3. The van der Waals surface area contributed by atoms with Crippen molar-refractivity contribution in [2.75, 3.05) is 6.54 Å². The number of aliphatic imine (C=N–C) groups is 1. The normalized spacial score (nSPS) is 20.7. The molecule has 3 aliphatic rings. The van der Waals surface area contributed by atoms with Crippen molar-refractivity contribution in [3.8, 4) is 11.1 Å². The van der Waals surface area contributed by atoms with E-state index in [2.05, 4.69) is 14.9 Å². The Labute approximate surface area is 180 Å². The van der Waals surface area contributed by atoms with Crippen molar-refractivity contribution in [3.05, 3.63) is 63.4 Å². The molecule has 4 nitrogen and oxygen atoms in total. The Balaban J connectivity index is 1.40. The van der Waals surface area contributed by atoms with Gasteiger partial charge in [0.2, 0.25) is 0 Å². The fourth-order valence-electron chi connectivity index (χ4n) is 4.43. The van der Waals surface area contributed by atoms with Gasteiger partial charge in [-0.15, -0.1) is 0 Å². The topological polar surface area (TPSA) is 45.6 Å². The predicted octanol–water partition coefficient (Wildman–Crippen LogP) is 5.59. The second-order valence-electron chi connectivity index (χ2n) is 7.99. The van der Waals surface area contributed by atoms with Gasteiger partial charge in [-0.25, -0.2) is 0 Å². The first kappa shape index (κ1) is 18.8. The average Bonchev–Trinajstić information content (AvgIpc) is 3.44. The minimum atomic E-state index is 0.120. The van der Waals surface area contributed by atoms with Crippen LogP contribution in [0.3, 0.4) is 0 Å². The summed E-state index contributed by atoms with van der Waals surface area (Å²) in [4.78, 5) is 24.0. The molecule has 1 aliphatic heterocycles. The van der Waals surface area contributed by atoms with Gasteiger partial charge in [0.05, 0.1) is 16.6 Å². The third kappa shape index (κ3) is 3.60. The van der Waals surface area contributed by atoms with Crippen LogP contribution >= 0.6 is 23.2 Å². The maximum Gasteiger partial charge on any atom is 0.254 e. The van der Waals surface area contributed by atoms with E-state index in [9.17, 15) is 4.79 Å². The fourth-order valence-corrected chi connectivity index (χ4v) is 5.01. The van der Waals surface area contributed by atoms with Gasteiger partial charge in [0.1, 0.15) is 0 Å². The number of aromatic nitrogens is 1. The van der Waals surface area contributed by atoms with Crippen LogP contribution in [-0.4, -0.2) is 40.6 Å². The van der Waals surface area contributed by atoms with Crippen LogP contribution in [0.4, 0.5) is 0 Å². The zero-order chi connectivity index (χ0) is 20.0. The quantitative estimate of drug-likeness (QED) is 0.640. The molecule has 1 aromatic heterocycles. The molecule has 1 unspecified atom stereocenters. The molecule has 0 bridgehead atoms. The highest BCUT2D eigenvalue weighted by Crippen LogP contribution is 2.38.